The van der Waals surface area contributed by atoms with Gasteiger partial charge in [-0.15, -0.1) is 0 Å². The molecule has 0 saturated carbocycles. The number of aromatic nitrogens is 2. The van der Waals surface area contributed by atoms with E-state index in [1.165, 1.54) is 5.56 Å². The van der Waals surface area contributed by atoms with Gasteiger partial charge >= 0.3 is 0 Å². The van der Waals surface area contributed by atoms with Crippen molar-refractivity contribution >= 4 is 16.7 Å². The Balaban J connectivity index is 1.36. The second-order valence-corrected chi connectivity index (χ2v) is 7.14. The summed E-state index contributed by atoms with van der Waals surface area (Å²) in [5.74, 6) is 2.35. The van der Waals surface area contributed by atoms with E-state index >= 15 is 0 Å². The summed E-state index contributed by atoms with van der Waals surface area (Å²) in [5.41, 5.74) is 8.29. The van der Waals surface area contributed by atoms with Gasteiger partial charge in [-0.25, -0.2) is 9.97 Å². The fraction of sp³-hybridized carbons (Fsp3) is 0.364. The van der Waals surface area contributed by atoms with Crippen LogP contribution >= 0.6 is 0 Å². The molecule has 3 aromatic rings. The van der Waals surface area contributed by atoms with Crippen LogP contribution in [0.25, 0.3) is 10.9 Å². The standard InChI is InChI=1S/C22H27N5O/c1-2-28-20-10-6-3-7-17(20)15-26-11-13-27(14-12-26)16-21-24-19-9-5-4-8-18(19)22(23)25-21/h3-10H,2,11-16H2,1H3,(H2,23,24,25). The van der Waals surface area contributed by atoms with E-state index in [4.69, 9.17) is 10.5 Å². The lowest BCUT2D eigenvalue weighted by Crippen LogP contribution is -2.45. The van der Waals surface area contributed by atoms with Gasteiger partial charge in [-0.2, -0.15) is 0 Å². The van der Waals surface area contributed by atoms with Crippen LogP contribution in [0.1, 0.15) is 18.3 Å². The van der Waals surface area contributed by atoms with Crippen LogP contribution in [0.5, 0.6) is 5.75 Å². The zero-order chi connectivity index (χ0) is 19.3. The molecule has 2 N–H and O–H groups in total. The first kappa shape index (κ1) is 18.7. The van der Waals surface area contributed by atoms with Crippen LogP contribution < -0.4 is 10.5 Å². The number of nitrogens with zero attached hydrogens (tertiary/aromatic N) is 4. The van der Waals surface area contributed by atoms with E-state index in [1.807, 2.05) is 37.3 Å². The van der Waals surface area contributed by atoms with Gasteiger partial charge < -0.3 is 10.5 Å². The van der Waals surface area contributed by atoms with Crippen molar-refractivity contribution in [3.8, 4) is 5.75 Å². The Morgan fingerprint density at radius 3 is 2.36 bits per heavy atom. The minimum Gasteiger partial charge on any atom is -0.494 e. The Kier molecular flexibility index (Phi) is 5.69. The zero-order valence-corrected chi connectivity index (χ0v) is 16.3. The van der Waals surface area contributed by atoms with Gasteiger partial charge in [0.1, 0.15) is 17.4 Å². The first-order chi connectivity index (χ1) is 13.7. The molecule has 1 aromatic heterocycles. The summed E-state index contributed by atoms with van der Waals surface area (Å²) >= 11 is 0. The third-order valence-corrected chi connectivity index (χ3v) is 5.18. The van der Waals surface area contributed by atoms with E-state index < -0.39 is 0 Å². The predicted octanol–water partition coefficient (Wildman–Crippen LogP) is 2.93. The molecule has 0 amide bonds. The highest BCUT2D eigenvalue weighted by Crippen LogP contribution is 2.21. The highest BCUT2D eigenvalue weighted by Gasteiger charge is 2.19. The van der Waals surface area contributed by atoms with Gasteiger partial charge in [0.05, 0.1) is 18.7 Å². The smallest absolute Gasteiger partial charge is 0.145 e. The summed E-state index contributed by atoms with van der Waals surface area (Å²) in [4.78, 5) is 14.1. The summed E-state index contributed by atoms with van der Waals surface area (Å²) in [6.07, 6.45) is 0. The fourth-order valence-corrected chi connectivity index (χ4v) is 3.70. The Bertz CT molecular complexity index is 937. The maximum Gasteiger partial charge on any atom is 0.145 e. The van der Waals surface area contributed by atoms with Gasteiger partial charge in [0.15, 0.2) is 0 Å². The fourth-order valence-electron chi connectivity index (χ4n) is 3.70. The number of hydrogen-bond acceptors (Lipinski definition) is 6. The number of fused-ring (bicyclic) bond motifs is 1. The van der Waals surface area contributed by atoms with E-state index in [9.17, 15) is 0 Å². The number of para-hydroxylation sites is 2. The molecule has 4 rings (SSSR count). The first-order valence-corrected chi connectivity index (χ1v) is 9.89. The lowest BCUT2D eigenvalue weighted by Gasteiger charge is -2.34. The average Bonchev–Trinajstić information content (AvgIpc) is 2.71. The lowest BCUT2D eigenvalue weighted by molar-refractivity contribution is 0.119. The molecule has 2 aromatic carbocycles. The zero-order valence-electron chi connectivity index (χ0n) is 16.3. The monoisotopic (exact) mass is 377 g/mol. The number of rotatable bonds is 6. The molecule has 1 fully saturated rings. The van der Waals surface area contributed by atoms with Crippen molar-refractivity contribution in [3.63, 3.8) is 0 Å². The molecular weight excluding hydrogens is 350 g/mol. The van der Waals surface area contributed by atoms with Crippen LogP contribution in [-0.4, -0.2) is 52.6 Å². The van der Waals surface area contributed by atoms with E-state index in [-0.39, 0.29) is 0 Å². The van der Waals surface area contributed by atoms with E-state index in [0.29, 0.717) is 12.4 Å². The van der Waals surface area contributed by atoms with Gasteiger partial charge in [0.2, 0.25) is 0 Å². The predicted molar refractivity (Wildman–Crippen MR) is 112 cm³/mol. The number of nitrogens with two attached hydrogens (primary N) is 1. The van der Waals surface area contributed by atoms with Crippen LogP contribution in [0.2, 0.25) is 0 Å². The van der Waals surface area contributed by atoms with Crippen molar-refractivity contribution in [1.29, 1.82) is 0 Å². The van der Waals surface area contributed by atoms with Crippen molar-refractivity contribution in [2.45, 2.75) is 20.0 Å². The second-order valence-electron chi connectivity index (χ2n) is 7.14. The molecule has 6 heteroatoms. The molecule has 0 spiro atoms. The number of benzene rings is 2. The quantitative estimate of drug-likeness (QED) is 0.712. The molecular formula is C22H27N5O. The van der Waals surface area contributed by atoms with Gasteiger partial charge in [-0.1, -0.05) is 30.3 Å². The topological polar surface area (TPSA) is 67.5 Å². The third-order valence-electron chi connectivity index (χ3n) is 5.18. The van der Waals surface area contributed by atoms with Crippen molar-refractivity contribution < 1.29 is 4.74 Å². The molecule has 146 valence electrons. The number of ether oxygens (including phenoxy) is 1. The van der Waals surface area contributed by atoms with E-state index in [0.717, 1.165) is 61.7 Å². The van der Waals surface area contributed by atoms with Gasteiger partial charge in [0, 0.05) is 43.7 Å². The molecule has 1 aliphatic rings. The molecule has 0 bridgehead atoms. The Morgan fingerprint density at radius 2 is 1.57 bits per heavy atom. The highest BCUT2D eigenvalue weighted by molar-refractivity contribution is 5.87. The van der Waals surface area contributed by atoms with Crippen molar-refractivity contribution in [2.75, 3.05) is 38.5 Å². The van der Waals surface area contributed by atoms with Crippen molar-refractivity contribution in [3.05, 3.63) is 59.9 Å². The summed E-state index contributed by atoms with van der Waals surface area (Å²) < 4.78 is 5.76. The molecule has 0 radical (unpaired) electrons. The maximum atomic E-state index is 6.12. The molecule has 28 heavy (non-hydrogen) atoms. The minimum atomic E-state index is 0.562. The summed E-state index contributed by atoms with van der Waals surface area (Å²) in [6.45, 7) is 8.39. The van der Waals surface area contributed by atoms with Crippen LogP contribution in [0, 0.1) is 0 Å². The van der Waals surface area contributed by atoms with Gasteiger partial charge in [-0.05, 0) is 25.1 Å². The number of anilines is 1. The van der Waals surface area contributed by atoms with Crippen LogP contribution in [0.4, 0.5) is 5.82 Å². The van der Waals surface area contributed by atoms with Crippen molar-refractivity contribution in [1.82, 2.24) is 19.8 Å². The number of piperazine rings is 1. The molecule has 2 heterocycles. The molecule has 0 atom stereocenters. The van der Waals surface area contributed by atoms with E-state index in [2.05, 4.69) is 38.0 Å². The van der Waals surface area contributed by atoms with E-state index in [1.54, 1.807) is 0 Å². The Morgan fingerprint density at radius 1 is 0.893 bits per heavy atom. The third kappa shape index (κ3) is 4.24. The van der Waals surface area contributed by atoms with Crippen LogP contribution in [0.15, 0.2) is 48.5 Å². The molecule has 1 saturated heterocycles. The lowest BCUT2D eigenvalue weighted by atomic mass is 10.1. The van der Waals surface area contributed by atoms with Gasteiger partial charge in [-0.3, -0.25) is 9.80 Å². The highest BCUT2D eigenvalue weighted by atomic mass is 16.5. The normalized spacial score (nSPS) is 15.8. The van der Waals surface area contributed by atoms with Crippen LogP contribution in [0.3, 0.4) is 0 Å². The largest absolute Gasteiger partial charge is 0.494 e. The molecule has 6 nitrogen and oxygen atoms in total. The average molecular weight is 377 g/mol. The maximum absolute atomic E-state index is 6.12. The number of nitrogen functional groups attached to an aromatic ring is 1. The Labute approximate surface area is 165 Å². The number of hydrogen-bond donors (Lipinski definition) is 1. The van der Waals surface area contributed by atoms with Crippen molar-refractivity contribution in [2.24, 2.45) is 0 Å². The summed E-state index contributed by atoms with van der Waals surface area (Å²) in [5, 5.41) is 0.920. The Hall–Kier alpha value is -2.70. The summed E-state index contributed by atoms with van der Waals surface area (Å²) in [6, 6.07) is 16.2. The second kappa shape index (κ2) is 8.54. The first-order valence-electron chi connectivity index (χ1n) is 9.89. The molecule has 0 unspecified atom stereocenters. The summed E-state index contributed by atoms with van der Waals surface area (Å²) in [7, 11) is 0. The van der Waals surface area contributed by atoms with Crippen LogP contribution in [-0.2, 0) is 13.1 Å². The molecule has 1 aliphatic heterocycles. The molecule has 0 aliphatic carbocycles. The SMILES string of the molecule is CCOc1ccccc1CN1CCN(Cc2nc(N)c3ccccc3n2)CC1. The minimum absolute atomic E-state index is 0.562. The van der Waals surface area contributed by atoms with Gasteiger partial charge in [0.25, 0.3) is 0 Å².